The predicted octanol–water partition coefficient (Wildman–Crippen LogP) is 3.44. The second kappa shape index (κ2) is 9.59. The number of anilines is 2. The number of aliphatic hydroxyl groups is 1. The van der Waals surface area contributed by atoms with Gasteiger partial charge in [-0.1, -0.05) is 32.0 Å². The summed E-state index contributed by atoms with van der Waals surface area (Å²) in [7, 11) is 2.17. The molecule has 172 valence electrons. The van der Waals surface area contributed by atoms with E-state index in [2.05, 4.69) is 46.1 Å². The van der Waals surface area contributed by atoms with Crippen LogP contribution in [0.4, 0.5) is 11.4 Å². The molecule has 2 aliphatic heterocycles. The lowest BCUT2D eigenvalue weighted by molar-refractivity contribution is -0.120. The molecule has 0 saturated carbocycles. The number of rotatable bonds is 7. The summed E-state index contributed by atoms with van der Waals surface area (Å²) in [6, 6.07) is 12.3. The van der Waals surface area contributed by atoms with Crippen molar-refractivity contribution in [1.82, 2.24) is 9.88 Å². The molecule has 1 atom stereocenters. The molecule has 0 spiro atoms. The molecule has 0 bridgehead atoms. The minimum Gasteiger partial charge on any atom is -0.384 e. The number of carbonyl (C=O) groups is 1. The van der Waals surface area contributed by atoms with Crippen molar-refractivity contribution in [2.75, 3.05) is 49.6 Å². The van der Waals surface area contributed by atoms with E-state index in [0.717, 1.165) is 44.7 Å². The Morgan fingerprint density at radius 3 is 2.41 bits per heavy atom. The van der Waals surface area contributed by atoms with Gasteiger partial charge in [0.2, 0.25) is 5.91 Å². The topological polar surface area (TPSA) is 59.9 Å². The first-order chi connectivity index (χ1) is 15.4. The standard InChI is InChI=1S/C26H36N4O2/c1-4-26(32,5-2)24-11-10-22(19-27-24)30-13-12-21(25(30)31)18-20-8-6-7-9-23(20)29-16-14-28(3)15-17-29/h6-11,19,21,32H,4-5,12-18H2,1-3H3/t21-/m0/s1. The molecule has 2 saturated heterocycles. The highest BCUT2D eigenvalue weighted by molar-refractivity contribution is 5.97. The molecule has 4 rings (SSSR count). The van der Waals surface area contributed by atoms with Gasteiger partial charge in [-0.3, -0.25) is 9.78 Å². The highest BCUT2D eigenvalue weighted by atomic mass is 16.3. The lowest BCUT2D eigenvalue weighted by atomic mass is 9.93. The SMILES string of the molecule is CCC(O)(CC)c1ccc(N2CC[C@@H](Cc3ccccc3N3CCN(C)CC3)C2=O)cn1. The fraction of sp³-hybridized carbons (Fsp3) is 0.538. The van der Waals surface area contributed by atoms with Crippen LogP contribution in [0.3, 0.4) is 0 Å². The number of piperazine rings is 1. The number of carbonyl (C=O) groups excluding carboxylic acids is 1. The highest BCUT2D eigenvalue weighted by Crippen LogP contribution is 2.32. The van der Waals surface area contributed by atoms with Crippen LogP contribution in [0.5, 0.6) is 0 Å². The molecule has 0 unspecified atom stereocenters. The van der Waals surface area contributed by atoms with Crippen molar-refractivity contribution >= 4 is 17.3 Å². The molecule has 2 aliphatic rings. The minimum atomic E-state index is -0.900. The molecule has 6 heteroatoms. The first-order valence-electron chi connectivity index (χ1n) is 12.0. The summed E-state index contributed by atoms with van der Waals surface area (Å²) in [5.41, 5.74) is 3.14. The summed E-state index contributed by atoms with van der Waals surface area (Å²) < 4.78 is 0. The van der Waals surface area contributed by atoms with E-state index in [1.165, 1.54) is 11.3 Å². The molecule has 0 aliphatic carbocycles. The Hall–Kier alpha value is -2.44. The van der Waals surface area contributed by atoms with Crippen molar-refractivity contribution in [2.45, 2.75) is 45.1 Å². The maximum absolute atomic E-state index is 13.3. The molecule has 2 aromatic rings. The van der Waals surface area contributed by atoms with Gasteiger partial charge < -0.3 is 19.8 Å². The summed E-state index contributed by atoms with van der Waals surface area (Å²) in [5.74, 6) is 0.167. The van der Waals surface area contributed by atoms with Gasteiger partial charge in [-0.05, 0) is 56.5 Å². The van der Waals surface area contributed by atoms with Crippen molar-refractivity contribution < 1.29 is 9.90 Å². The minimum absolute atomic E-state index is 0.00786. The normalized spacial score (nSPS) is 20.2. The quantitative estimate of drug-likeness (QED) is 0.721. The van der Waals surface area contributed by atoms with Crippen molar-refractivity contribution in [3.63, 3.8) is 0 Å². The molecule has 1 aromatic heterocycles. The van der Waals surface area contributed by atoms with Crippen LogP contribution in [0.15, 0.2) is 42.6 Å². The second-order valence-electron chi connectivity index (χ2n) is 9.24. The van der Waals surface area contributed by atoms with E-state index in [1.807, 2.05) is 30.9 Å². The average molecular weight is 437 g/mol. The van der Waals surface area contributed by atoms with E-state index in [1.54, 1.807) is 6.20 Å². The molecular formula is C26H36N4O2. The van der Waals surface area contributed by atoms with E-state index < -0.39 is 5.60 Å². The van der Waals surface area contributed by atoms with E-state index >= 15 is 0 Å². The first kappa shape index (κ1) is 22.7. The van der Waals surface area contributed by atoms with Crippen LogP contribution in [-0.4, -0.2) is 60.7 Å². The third kappa shape index (κ3) is 4.52. The molecule has 32 heavy (non-hydrogen) atoms. The molecule has 0 radical (unpaired) electrons. The number of amides is 1. The molecule has 1 aromatic carbocycles. The zero-order valence-electron chi connectivity index (χ0n) is 19.6. The Labute approximate surface area is 191 Å². The van der Waals surface area contributed by atoms with E-state index in [9.17, 15) is 9.90 Å². The number of nitrogens with zero attached hydrogens (tertiary/aromatic N) is 4. The van der Waals surface area contributed by atoms with Crippen LogP contribution in [0.2, 0.25) is 0 Å². The van der Waals surface area contributed by atoms with Gasteiger partial charge in [-0.15, -0.1) is 0 Å². The van der Waals surface area contributed by atoms with Gasteiger partial charge in [0.1, 0.15) is 5.60 Å². The molecule has 6 nitrogen and oxygen atoms in total. The van der Waals surface area contributed by atoms with Crippen LogP contribution in [0.1, 0.15) is 44.4 Å². The van der Waals surface area contributed by atoms with Gasteiger partial charge in [0, 0.05) is 44.3 Å². The van der Waals surface area contributed by atoms with Crippen molar-refractivity contribution in [2.24, 2.45) is 5.92 Å². The Morgan fingerprint density at radius 1 is 1.03 bits per heavy atom. The van der Waals surface area contributed by atoms with Crippen LogP contribution >= 0.6 is 0 Å². The van der Waals surface area contributed by atoms with Crippen LogP contribution in [0, 0.1) is 5.92 Å². The molecule has 1 amide bonds. The van der Waals surface area contributed by atoms with Crippen LogP contribution in [-0.2, 0) is 16.8 Å². The maximum atomic E-state index is 13.3. The fourth-order valence-corrected chi connectivity index (χ4v) is 4.92. The number of hydrogen-bond acceptors (Lipinski definition) is 5. The van der Waals surface area contributed by atoms with Gasteiger partial charge in [0.15, 0.2) is 0 Å². The molecule has 2 fully saturated rings. The average Bonchev–Trinajstić information content (AvgIpc) is 3.19. The van der Waals surface area contributed by atoms with Gasteiger partial charge in [0.25, 0.3) is 0 Å². The highest BCUT2D eigenvalue weighted by Gasteiger charge is 2.34. The zero-order chi connectivity index (χ0) is 22.7. The summed E-state index contributed by atoms with van der Waals surface area (Å²) in [6.07, 6.45) is 4.60. The van der Waals surface area contributed by atoms with Crippen molar-refractivity contribution in [3.8, 4) is 0 Å². The number of aromatic nitrogens is 1. The maximum Gasteiger partial charge on any atom is 0.230 e. The van der Waals surface area contributed by atoms with Gasteiger partial charge >= 0.3 is 0 Å². The van der Waals surface area contributed by atoms with Crippen LogP contribution in [0.25, 0.3) is 0 Å². The van der Waals surface area contributed by atoms with E-state index in [-0.39, 0.29) is 11.8 Å². The number of hydrogen-bond donors (Lipinski definition) is 1. The summed E-state index contributed by atoms with van der Waals surface area (Å²) in [5, 5.41) is 10.7. The molecule has 1 N–H and O–H groups in total. The fourth-order valence-electron chi connectivity index (χ4n) is 4.92. The lowest BCUT2D eigenvalue weighted by Gasteiger charge is -2.35. The third-order valence-electron chi connectivity index (χ3n) is 7.32. The van der Waals surface area contributed by atoms with Crippen molar-refractivity contribution in [1.29, 1.82) is 0 Å². The van der Waals surface area contributed by atoms with Crippen molar-refractivity contribution in [3.05, 3.63) is 53.9 Å². The number of pyridine rings is 1. The van der Waals surface area contributed by atoms with Gasteiger partial charge in [-0.2, -0.15) is 0 Å². The first-order valence-corrected chi connectivity index (χ1v) is 12.0. The lowest BCUT2D eigenvalue weighted by Crippen LogP contribution is -2.44. The summed E-state index contributed by atoms with van der Waals surface area (Å²) >= 11 is 0. The third-order valence-corrected chi connectivity index (χ3v) is 7.32. The Balaban J connectivity index is 1.46. The Morgan fingerprint density at radius 2 is 1.75 bits per heavy atom. The zero-order valence-corrected chi connectivity index (χ0v) is 19.6. The Kier molecular flexibility index (Phi) is 6.82. The largest absolute Gasteiger partial charge is 0.384 e. The van der Waals surface area contributed by atoms with Gasteiger partial charge in [0.05, 0.1) is 17.6 Å². The monoisotopic (exact) mass is 436 g/mol. The summed E-state index contributed by atoms with van der Waals surface area (Å²) in [6.45, 7) is 8.84. The molecular weight excluding hydrogens is 400 g/mol. The van der Waals surface area contributed by atoms with E-state index in [4.69, 9.17) is 0 Å². The number of para-hydroxylation sites is 1. The van der Waals surface area contributed by atoms with Gasteiger partial charge in [-0.25, -0.2) is 0 Å². The smallest absolute Gasteiger partial charge is 0.230 e. The second-order valence-corrected chi connectivity index (χ2v) is 9.24. The predicted molar refractivity (Wildman–Crippen MR) is 129 cm³/mol. The summed E-state index contributed by atoms with van der Waals surface area (Å²) in [4.78, 5) is 24.4. The van der Waals surface area contributed by atoms with Crippen LogP contribution < -0.4 is 9.80 Å². The van der Waals surface area contributed by atoms with E-state index in [0.29, 0.717) is 25.1 Å². The molecule has 3 heterocycles. The Bertz CT molecular complexity index is 918. The number of benzene rings is 1. The number of likely N-dealkylation sites (N-methyl/N-ethyl adjacent to an activating group) is 1.